The van der Waals surface area contributed by atoms with Gasteiger partial charge in [0.25, 0.3) is 0 Å². The number of nitrogens with zero attached hydrogens (tertiary/aromatic N) is 1. The van der Waals surface area contributed by atoms with E-state index >= 15 is 0 Å². The predicted molar refractivity (Wildman–Crippen MR) is 63.0 cm³/mol. The van der Waals surface area contributed by atoms with Crippen LogP contribution in [0.4, 0.5) is 0 Å². The molecular formula is C9H11N3OS2. The Hall–Kier alpha value is -1.14. The van der Waals surface area contributed by atoms with E-state index in [0.29, 0.717) is 4.77 Å². The van der Waals surface area contributed by atoms with Crippen LogP contribution in [0.2, 0.25) is 0 Å². The van der Waals surface area contributed by atoms with Crippen LogP contribution in [0.25, 0.3) is 0 Å². The summed E-state index contributed by atoms with van der Waals surface area (Å²) in [5.74, 6) is 0. The van der Waals surface area contributed by atoms with Gasteiger partial charge in [0, 0.05) is 4.88 Å². The molecule has 1 unspecified atom stereocenters. The van der Waals surface area contributed by atoms with Crippen molar-refractivity contribution in [3.05, 3.63) is 37.6 Å². The maximum absolute atomic E-state index is 11.5. The fraction of sp³-hybridized carbons (Fsp3) is 0.333. The van der Waals surface area contributed by atoms with Gasteiger partial charge in [0.05, 0.1) is 6.04 Å². The van der Waals surface area contributed by atoms with Gasteiger partial charge in [0.1, 0.15) is 0 Å². The van der Waals surface area contributed by atoms with E-state index in [-0.39, 0.29) is 11.7 Å². The van der Waals surface area contributed by atoms with Crippen LogP contribution in [-0.2, 0) is 0 Å². The second-order valence-corrected chi connectivity index (χ2v) is 4.54. The Balaban J connectivity index is 2.53. The third-order valence-corrected chi connectivity index (χ3v) is 3.56. The summed E-state index contributed by atoms with van der Waals surface area (Å²) in [4.78, 5) is 12.7. The lowest BCUT2D eigenvalue weighted by Crippen LogP contribution is -2.22. The monoisotopic (exact) mass is 241 g/mol. The van der Waals surface area contributed by atoms with Crippen LogP contribution in [0, 0.1) is 4.77 Å². The van der Waals surface area contributed by atoms with Crippen molar-refractivity contribution in [2.24, 2.45) is 0 Å². The molecule has 2 aromatic heterocycles. The second-order valence-electron chi connectivity index (χ2n) is 3.17. The van der Waals surface area contributed by atoms with Crippen molar-refractivity contribution in [2.45, 2.75) is 19.4 Å². The van der Waals surface area contributed by atoms with Gasteiger partial charge in [-0.05, 0) is 30.1 Å². The molecule has 0 aliphatic rings. The summed E-state index contributed by atoms with van der Waals surface area (Å²) in [6, 6.07) is 4.03. The molecule has 0 amide bonds. The van der Waals surface area contributed by atoms with Gasteiger partial charge in [-0.1, -0.05) is 13.0 Å². The molecule has 4 nitrogen and oxygen atoms in total. The van der Waals surface area contributed by atoms with Crippen LogP contribution < -0.4 is 5.69 Å². The van der Waals surface area contributed by atoms with Gasteiger partial charge in [-0.2, -0.15) is 0 Å². The van der Waals surface area contributed by atoms with E-state index < -0.39 is 0 Å². The van der Waals surface area contributed by atoms with Crippen LogP contribution in [0.5, 0.6) is 0 Å². The Bertz CT molecular complexity index is 507. The summed E-state index contributed by atoms with van der Waals surface area (Å²) < 4.78 is 2.03. The molecule has 80 valence electrons. The highest BCUT2D eigenvalue weighted by Crippen LogP contribution is 2.24. The zero-order valence-corrected chi connectivity index (χ0v) is 9.82. The summed E-state index contributed by atoms with van der Waals surface area (Å²) in [6.45, 7) is 2.04. The number of hydrogen-bond donors (Lipinski definition) is 2. The molecule has 0 saturated carbocycles. The molecule has 0 saturated heterocycles. The van der Waals surface area contributed by atoms with E-state index in [1.807, 2.05) is 24.4 Å². The molecule has 0 bridgehead atoms. The number of H-pyrrole nitrogens is 2. The highest BCUT2D eigenvalue weighted by molar-refractivity contribution is 7.71. The summed E-state index contributed by atoms with van der Waals surface area (Å²) in [5, 5.41) is 7.16. The number of nitrogens with one attached hydrogen (secondary N) is 2. The molecule has 2 aromatic rings. The van der Waals surface area contributed by atoms with Crippen LogP contribution in [0.1, 0.15) is 24.3 Å². The molecule has 2 rings (SSSR count). The van der Waals surface area contributed by atoms with Crippen molar-refractivity contribution in [3.8, 4) is 0 Å². The van der Waals surface area contributed by atoms with Crippen LogP contribution >= 0.6 is 23.6 Å². The van der Waals surface area contributed by atoms with Gasteiger partial charge >= 0.3 is 5.69 Å². The third kappa shape index (κ3) is 1.82. The van der Waals surface area contributed by atoms with Gasteiger partial charge in [-0.25, -0.2) is 9.89 Å². The van der Waals surface area contributed by atoms with E-state index in [4.69, 9.17) is 12.2 Å². The maximum atomic E-state index is 11.5. The Kier molecular flexibility index (Phi) is 2.88. The normalized spacial score (nSPS) is 12.9. The minimum absolute atomic E-state index is 0.0347. The third-order valence-electron chi connectivity index (χ3n) is 2.28. The average molecular weight is 241 g/mol. The first-order valence-corrected chi connectivity index (χ1v) is 5.95. The quantitative estimate of drug-likeness (QED) is 0.810. The van der Waals surface area contributed by atoms with Gasteiger partial charge in [-0.3, -0.25) is 9.67 Å². The fourth-order valence-electron chi connectivity index (χ4n) is 1.59. The molecule has 0 aliphatic carbocycles. The molecule has 6 heteroatoms. The van der Waals surface area contributed by atoms with Crippen molar-refractivity contribution < 1.29 is 0 Å². The Labute approximate surface area is 95.6 Å². The van der Waals surface area contributed by atoms with E-state index in [9.17, 15) is 4.79 Å². The topological polar surface area (TPSA) is 53.6 Å². The number of aromatic amines is 2. The molecule has 0 radical (unpaired) electrons. The Morgan fingerprint density at radius 1 is 1.60 bits per heavy atom. The molecule has 0 spiro atoms. The van der Waals surface area contributed by atoms with E-state index in [2.05, 4.69) is 10.2 Å². The summed E-state index contributed by atoms with van der Waals surface area (Å²) in [6.07, 6.45) is 0.843. The molecule has 2 heterocycles. The Morgan fingerprint density at radius 3 is 2.87 bits per heavy atom. The van der Waals surface area contributed by atoms with E-state index in [1.165, 1.54) is 0 Å². The number of hydrogen-bond acceptors (Lipinski definition) is 3. The zero-order chi connectivity index (χ0) is 10.8. The van der Waals surface area contributed by atoms with Gasteiger partial charge in [0.2, 0.25) is 0 Å². The van der Waals surface area contributed by atoms with Crippen LogP contribution in [-0.4, -0.2) is 14.8 Å². The first-order valence-electron chi connectivity index (χ1n) is 4.66. The maximum Gasteiger partial charge on any atom is 0.342 e. The van der Waals surface area contributed by atoms with Crippen molar-refractivity contribution in [1.82, 2.24) is 14.8 Å². The number of rotatable bonds is 3. The molecule has 0 aromatic carbocycles. The molecule has 1 atom stereocenters. The van der Waals surface area contributed by atoms with Gasteiger partial charge in [-0.15, -0.1) is 11.3 Å². The minimum atomic E-state index is -0.180. The first kappa shape index (κ1) is 10.4. The summed E-state index contributed by atoms with van der Waals surface area (Å²) in [5.41, 5.74) is -0.180. The fourth-order valence-corrected chi connectivity index (χ4v) is 2.76. The van der Waals surface area contributed by atoms with Gasteiger partial charge in [0.15, 0.2) is 4.77 Å². The smallest absolute Gasteiger partial charge is 0.272 e. The van der Waals surface area contributed by atoms with Crippen LogP contribution in [0.15, 0.2) is 22.3 Å². The highest BCUT2D eigenvalue weighted by Gasteiger charge is 2.15. The molecule has 2 N–H and O–H groups in total. The summed E-state index contributed by atoms with van der Waals surface area (Å²) >= 11 is 6.71. The second kappa shape index (κ2) is 4.16. The SMILES string of the molecule is CCC(c1cccs1)n1c(=O)[nH][nH]c1=S. The van der Waals surface area contributed by atoms with Crippen molar-refractivity contribution >= 4 is 23.6 Å². The van der Waals surface area contributed by atoms with Gasteiger partial charge < -0.3 is 0 Å². The summed E-state index contributed by atoms with van der Waals surface area (Å²) in [7, 11) is 0. The lowest BCUT2D eigenvalue weighted by atomic mass is 10.2. The standard InChI is InChI=1S/C9H11N3OS2/c1-2-6(7-4-3-5-15-7)12-8(13)10-11-9(12)14/h3-6H,2H2,1H3,(H,10,13)(H,11,14). The zero-order valence-electron chi connectivity index (χ0n) is 8.19. The van der Waals surface area contributed by atoms with Crippen molar-refractivity contribution in [2.75, 3.05) is 0 Å². The Morgan fingerprint density at radius 2 is 2.40 bits per heavy atom. The van der Waals surface area contributed by atoms with Crippen molar-refractivity contribution in [3.63, 3.8) is 0 Å². The molecule has 15 heavy (non-hydrogen) atoms. The van der Waals surface area contributed by atoms with Crippen molar-refractivity contribution in [1.29, 1.82) is 0 Å². The molecule has 0 fully saturated rings. The lowest BCUT2D eigenvalue weighted by molar-refractivity contribution is 0.552. The number of thiophene rings is 1. The van der Waals surface area contributed by atoms with E-state index in [0.717, 1.165) is 11.3 Å². The first-order chi connectivity index (χ1) is 7.24. The minimum Gasteiger partial charge on any atom is -0.272 e. The largest absolute Gasteiger partial charge is 0.342 e. The highest BCUT2D eigenvalue weighted by atomic mass is 32.1. The average Bonchev–Trinajstić information content (AvgIpc) is 2.83. The van der Waals surface area contributed by atoms with Crippen LogP contribution in [0.3, 0.4) is 0 Å². The van der Waals surface area contributed by atoms with E-state index in [1.54, 1.807) is 15.9 Å². The lowest BCUT2D eigenvalue weighted by Gasteiger charge is -2.12. The predicted octanol–water partition coefficient (Wildman–Crippen LogP) is 2.29. The molecular weight excluding hydrogens is 230 g/mol. The molecule has 0 aliphatic heterocycles. The number of aromatic nitrogens is 3.